The monoisotopic (exact) mass is 406 g/mol. The number of carbonyl (C=O) groups is 1. The Morgan fingerprint density at radius 2 is 2.10 bits per heavy atom. The van der Waals surface area contributed by atoms with Gasteiger partial charge >= 0.3 is 0 Å². The van der Waals surface area contributed by atoms with E-state index in [0.29, 0.717) is 36.1 Å². The van der Waals surface area contributed by atoms with E-state index in [4.69, 9.17) is 4.74 Å². The minimum atomic E-state index is -0.239. The lowest BCUT2D eigenvalue weighted by Gasteiger charge is -2.16. The lowest BCUT2D eigenvalue weighted by molar-refractivity contribution is 0.0822. The maximum atomic E-state index is 12.8. The molecular weight excluding hydrogens is 384 g/mol. The van der Waals surface area contributed by atoms with E-state index in [1.165, 1.54) is 6.20 Å². The first-order valence-corrected chi connectivity index (χ1v) is 9.70. The van der Waals surface area contributed by atoms with Gasteiger partial charge in [0, 0.05) is 31.6 Å². The third-order valence-electron chi connectivity index (χ3n) is 5.14. The minimum absolute atomic E-state index is 0.165. The molecule has 1 aliphatic heterocycles. The fraction of sp³-hybridized carbons (Fsp3) is 0.300. The Bertz CT molecular complexity index is 1280. The molecule has 1 aliphatic rings. The first-order chi connectivity index (χ1) is 14.5. The van der Waals surface area contributed by atoms with Crippen molar-refractivity contribution in [3.05, 3.63) is 41.7 Å². The van der Waals surface area contributed by atoms with Crippen LogP contribution in [0.4, 0.5) is 17.3 Å². The molecule has 0 fully saturated rings. The van der Waals surface area contributed by atoms with Crippen LogP contribution in [0, 0.1) is 0 Å². The Labute approximate surface area is 172 Å². The highest BCUT2D eigenvalue weighted by atomic mass is 16.5. The zero-order valence-corrected chi connectivity index (χ0v) is 16.9. The summed E-state index contributed by atoms with van der Waals surface area (Å²) in [7, 11) is 3.70. The average Bonchev–Trinajstić information content (AvgIpc) is 3.30. The molecule has 1 aromatic carbocycles. The number of nitrogens with one attached hydrogen (secondary N) is 3. The van der Waals surface area contributed by atoms with Crippen molar-refractivity contribution >= 4 is 39.8 Å². The number of benzene rings is 1. The van der Waals surface area contributed by atoms with Crippen LogP contribution in [-0.2, 0) is 18.4 Å². The summed E-state index contributed by atoms with van der Waals surface area (Å²) in [5.74, 6) is 1.06. The van der Waals surface area contributed by atoms with Crippen LogP contribution in [0.15, 0.2) is 30.6 Å². The van der Waals surface area contributed by atoms with E-state index in [9.17, 15) is 4.79 Å². The smallest absolute Gasteiger partial charge is 0.257 e. The number of ether oxygens (including phenoxy) is 1. The summed E-state index contributed by atoms with van der Waals surface area (Å²) in [5, 5.41) is 19.2. The first-order valence-electron chi connectivity index (χ1n) is 9.70. The van der Waals surface area contributed by atoms with E-state index in [1.54, 1.807) is 11.6 Å². The Kier molecular flexibility index (Phi) is 4.28. The van der Waals surface area contributed by atoms with Gasteiger partial charge in [0.1, 0.15) is 17.2 Å². The quantitative estimate of drug-likeness (QED) is 0.444. The maximum Gasteiger partial charge on any atom is 0.257 e. The average molecular weight is 406 g/mol. The second kappa shape index (κ2) is 6.99. The number of fused-ring (bicyclic) bond motifs is 5. The van der Waals surface area contributed by atoms with Gasteiger partial charge in [-0.3, -0.25) is 9.48 Å². The highest BCUT2D eigenvalue weighted by Gasteiger charge is 2.20. The van der Waals surface area contributed by atoms with Crippen molar-refractivity contribution in [3.63, 3.8) is 0 Å². The molecule has 0 spiro atoms. The van der Waals surface area contributed by atoms with Crippen LogP contribution in [0.3, 0.4) is 0 Å². The second-order valence-corrected chi connectivity index (χ2v) is 7.43. The van der Waals surface area contributed by atoms with Gasteiger partial charge in [-0.15, -0.1) is 0 Å². The van der Waals surface area contributed by atoms with Crippen LogP contribution in [0.2, 0.25) is 0 Å². The van der Waals surface area contributed by atoms with Crippen LogP contribution < -0.4 is 16.0 Å². The van der Waals surface area contributed by atoms with Gasteiger partial charge in [-0.1, -0.05) is 0 Å². The second-order valence-electron chi connectivity index (χ2n) is 7.43. The highest BCUT2D eigenvalue weighted by molar-refractivity contribution is 6.00. The van der Waals surface area contributed by atoms with E-state index < -0.39 is 0 Å². The fourth-order valence-corrected chi connectivity index (χ4v) is 3.76. The molecule has 0 unspecified atom stereocenters. The topological polar surface area (TPSA) is 110 Å². The molecule has 3 N–H and O–H groups in total. The molecular formula is C20H22N8O2. The molecule has 1 atom stereocenters. The predicted octanol–water partition coefficient (Wildman–Crippen LogP) is 2.05. The van der Waals surface area contributed by atoms with Crippen LogP contribution in [0.25, 0.3) is 16.6 Å². The number of anilines is 3. The summed E-state index contributed by atoms with van der Waals surface area (Å²) in [6.07, 6.45) is 3.36. The van der Waals surface area contributed by atoms with Gasteiger partial charge in [-0.25, -0.2) is 4.98 Å². The number of hydrogen-bond donors (Lipinski definition) is 3. The Hall–Kier alpha value is -3.66. The number of carbonyl (C=O) groups excluding carboxylic acids is 1. The van der Waals surface area contributed by atoms with E-state index in [0.717, 1.165) is 22.2 Å². The molecule has 10 heteroatoms. The van der Waals surface area contributed by atoms with Crippen LogP contribution in [0.1, 0.15) is 22.8 Å². The summed E-state index contributed by atoms with van der Waals surface area (Å²) < 4.78 is 9.30. The lowest BCUT2D eigenvalue weighted by atomic mass is 10.1. The molecule has 4 bridgehead atoms. The van der Waals surface area contributed by atoms with Gasteiger partial charge < -0.3 is 20.7 Å². The van der Waals surface area contributed by atoms with Crippen molar-refractivity contribution in [1.29, 1.82) is 0 Å². The molecule has 4 aromatic rings. The van der Waals surface area contributed by atoms with E-state index in [2.05, 4.69) is 37.2 Å². The highest BCUT2D eigenvalue weighted by Crippen LogP contribution is 2.29. The van der Waals surface area contributed by atoms with Crippen LogP contribution >= 0.6 is 0 Å². The van der Waals surface area contributed by atoms with Crippen molar-refractivity contribution in [3.8, 4) is 0 Å². The van der Waals surface area contributed by atoms with Gasteiger partial charge in [-0.2, -0.15) is 14.7 Å². The van der Waals surface area contributed by atoms with Gasteiger partial charge in [-0.05, 0) is 24.6 Å². The molecule has 1 amide bonds. The molecule has 30 heavy (non-hydrogen) atoms. The van der Waals surface area contributed by atoms with E-state index in [1.807, 2.05) is 37.0 Å². The largest absolute Gasteiger partial charge is 0.375 e. The third kappa shape index (κ3) is 3.01. The van der Waals surface area contributed by atoms with Crippen LogP contribution in [-0.4, -0.2) is 50.0 Å². The zero-order chi connectivity index (χ0) is 20.8. The van der Waals surface area contributed by atoms with E-state index >= 15 is 0 Å². The third-order valence-corrected chi connectivity index (χ3v) is 5.14. The fourth-order valence-electron chi connectivity index (χ4n) is 3.76. The number of hydrogen-bond acceptors (Lipinski definition) is 7. The minimum Gasteiger partial charge on any atom is -0.375 e. The molecule has 0 saturated carbocycles. The van der Waals surface area contributed by atoms with Gasteiger partial charge in [0.2, 0.25) is 0 Å². The van der Waals surface area contributed by atoms with Gasteiger partial charge in [0.25, 0.3) is 5.91 Å². The van der Waals surface area contributed by atoms with Gasteiger partial charge in [0.15, 0.2) is 5.65 Å². The van der Waals surface area contributed by atoms with Crippen molar-refractivity contribution < 1.29 is 9.53 Å². The molecule has 10 nitrogen and oxygen atoms in total. The van der Waals surface area contributed by atoms with Gasteiger partial charge in [0.05, 0.1) is 36.8 Å². The summed E-state index contributed by atoms with van der Waals surface area (Å²) in [5.41, 5.74) is 3.69. The normalized spacial score (nSPS) is 17.0. The van der Waals surface area contributed by atoms with Crippen molar-refractivity contribution in [2.45, 2.75) is 19.6 Å². The summed E-state index contributed by atoms with van der Waals surface area (Å²) >= 11 is 0. The molecule has 4 heterocycles. The SMILES string of the molecule is CNc1cc2nc3c(cnn13)C(=O)N[C@H](C)COCc1cc(c3c(cnn3C)c1)N2. The summed E-state index contributed by atoms with van der Waals surface area (Å²) in [6, 6.07) is 5.79. The number of nitrogens with zero attached hydrogens (tertiary/aromatic N) is 5. The molecule has 3 aromatic heterocycles. The summed E-state index contributed by atoms with van der Waals surface area (Å²) in [4.78, 5) is 17.5. The zero-order valence-electron chi connectivity index (χ0n) is 16.9. The maximum absolute atomic E-state index is 12.8. The number of amides is 1. The van der Waals surface area contributed by atoms with Crippen LogP contribution in [0.5, 0.6) is 0 Å². The summed E-state index contributed by atoms with van der Waals surface area (Å²) in [6.45, 7) is 2.72. The Morgan fingerprint density at radius 1 is 1.23 bits per heavy atom. The molecule has 154 valence electrons. The Morgan fingerprint density at radius 3 is 2.93 bits per heavy atom. The molecule has 0 saturated heterocycles. The lowest BCUT2D eigenvalue weighted by Crippen LogP contribution is -2.35. The number of aryl methyl sites for hydroxylation is 1. The molecule has 0 aliphatic carbocycles. The Balaban J connectivity index is 1.73. The van der Waals surface area contributed by atoms with Crippen molar-refractivity contribution in [2.75, 3.05) is 24.3 Å². The van der Waals surface area contributed by atoms with Crippen molar-refractivity contribution in [1.82, 2.24) is 29.7 Å². The number of aromatic nitrogens is 5. The van der Waals surface area contributed by atoms with E-state index in [-0.39, 0.29) is 11.9 Å². The van der Waals surface area contributed by atoms with Crippen molar-refractivity contribution in [2.24, 2.45) is 7.05 Å². The molecule has 5 rings (SSSR count). The molecule has 0 radical (unpaired) electrons. The predicted molar refractivity (Wildman–Crippen MR) is 113 cm³/mol. The standard InChI is InChI=1S/C20H22N8O2/c1-11-9-30-10-12-4-13-7-22-27(3)18(13)15(5-12)25-16-6-17(21-2)28-19(26-16)14(8-23-28)20(29)24-11/h4-8,11,21H,9-10H2,1-3H3,(H,24,29)(H,25,26)/t11-/m1/s1. The first kappa shape index (κ1) is 18.4. The number of rotatable bonds is 1.